The maximum absolute atomic E-state index is 12.9. The lowest BCUT2D eigenvalue weighted by atomic mass is 9.95. The fraction of sp³-hybridized carbons (Fsp3) is 0.562. The Morgan fingerprint density at radius 2 is 1.83 bits per heavy atom. The number of sulfonamides is 1. The van der Waals surface area contributed by atoms with E-state index in [0.717, 1.165) is 25.7 Å². The second-order valence-corrected chi connectivity index (χ2v) is 7.86. The molecule has 0 heterocycles. The number of anilines is 1. The molecule has 1 saturated carbocycles. The van der Waals surface area contributed by atoms with E-state index in [4.69, 9.17) is 11.6 Å². The Hall–Kier alpha value is -1.11. The Morgan fingerprint density at radius 1 is 1.22 bits per heavy atom. The average Bonchev–Trinajstić information content (AvgIpc) is 2.56. The third kappa shape index (κ3) is 4.46. The number of hydrogen-bond donors (Lipinski definition) is 1. The molecule has 1 aliphatic rings. The molecule has 0 aliphatic heterocycles. The molecule has 1 N–H and O–H groups in total. The van der Waals surface area contributed by atoms with E-state index in [1.807, 2.05) is 6.92 Å². The maximum atomic E-state index is 12.9. The van der Waals surface area contributed by atoms with Crippen LogP contribution in [0.3, 0.4) is 0 Å². The van der Waals surface area contributed by atoms with Gasteiger partial charge in [-0.3, -0.25) is 4.79 Å². The van der Waals surface area contributed by atoms with E-state index in [1.54, 1.807) is 16.4 Å². The zero-order chi connectivity index (χ0) is 16.9. The van der Waals surface area contributed by atoms with Gasteiger partial charge >= 0.3 is 0 Å². The molecule has 5 nitrogen and oxygen atoms in total. The third-order valence-corrected chi connectivity index (χ3v) is 6.44. The van der Waals surface area contributed by atoms with Crippen molar-refractivity contribution >= 4 is 33.2 Å². The molecule has 1 amide bonds. The van der Waals surface area contributed by atoms with Gasteiger partial charge < -0.3 is 5.32 Å². The lowest BCUT2D eigenvalue weighted by Gasteiger charge is -2.32. The first-order valence-corrected chi connectivity index (χ1v) is 9.94. The quantitative estimate of drug-likeness (QED) is 0.794. The van der Waals surface area contributed by atoms with Gasteiger partial charge in [-0.2, -0.15) is 4.31 Å². The molecule has 1 aromatic rings. The van der Waals surface area contributed by atoms with Crippen LogP contribution in [-0.2, 0) is 14.8 Å². The van der Waals surface area contributed by atoms with Gasteiger partial charge in [0.15, 0.2) is 0 Å². The zero-order valence-electron chi connectivity index (χ0n) is 13.3. The first-order valence-electron chi connectivity index (χ1n) is 7.96. The highest BCUT2D eigenvalue weighted by Crippen LogP contribution is 2.28. The minimum atomic E-state index is -3.51. The van der Waals surface area contributed by atoms with Crippen LogP contribution in [0.2, 0.25) is 0 Å². The topological polar surface area (TPSA) is 66.5 Å². The fourth-order valence-electron chi connectivity index (χ4n) is 3.03. The van der Waals surface area contributed by atoms with E-state index in [0.29, 0.717) is 12.2 Å². The van der Waals surface area contributed by atoms with Crippen LogP contribution in [0.4, 0.5) is 5.69 Å². The molecule has 0 bridgehead atoms. The standard InChI is InChI=1S/C16H23ClN2O3S/c1-2-19(14-6-4-3-5-7-14)23(21,22)15-10-8-13(9-11-15)18-16(20)12-17/h8-11,14H,2-7,12H2,1H3,(H,18,20). The van der Waals surface area contributed by atoms with Crippen LogP contribution < -0.4 is 5.32 Å². The monoisotopic (exact) mass is 358 g/mol. The fourth-order valence-corrected chi connectivity index (χ4v) is 4.79. The van der Waals surface area contributed by atoms with E-state index in [-0.39, 0.29) is 22.7 Å². The highest BCUT2D eigenvalue weighted by atomic mass is 35.5. The Bertz CT molecular complexity index is 625. The number of carbonyl (C=O) groups is 1. The molecule has 0 atom stereocenters. The number of benzene rings is 1. The molecule has 0 radical (unpaired) electrons. The highest BCUT2D eigenvalue weighted by Gasteiger charge is 2.30. The summed E-state index contributed by atoms with van der Waals surface area (Å²) in [6.45, 7) is 2.35. The van der Waals surface area contributed by atoms with Gasteiger partial charge in [-0.25, -0.2) is 8.42 Å². The summed E-state index contributed by atoms with van der Waals surface area (Å²) >= 11 is 5.44. The molecule has 1 fully saturated rings. The molecule has 1 aromatic carbocycles. The van der Waals surface area contributed by atoms with Crippen molar-refractivity contribution in [3.8, 4) is 0 Å². The molecular weight excluding hydrogens is 336 g/mol. The number of nitrogens with one attached hydrogen (secondary N) is 1. The van der Waals surface area contributed by atoms with Crippen molar-refractivity contribution in [1.29, 1.82) is 0 Å². The van der Waals surface area contributed by atoms with Crippen molar-refractivity contribution in [2.75, 3.05) is 17.7 Å². The molecule has 23 heavy (non-hydrogen) atoms. The zero-order valence-corrected chi connectivity index (χ0v) is 14.9. The Balaban J connectivity index is 2.18. The molecule has 0 unspecified atom stereocenters. The van der Waals surface area contributed by atoms with Crippen molar-refractivity contribution in [3.63, 3.8) is 0 Å². The number of nitrogens with zero attached hydrogens (tertiary/aromatic N) is 1. The molecule has 0 aromatic heterocycles. The van der Waals surface area contributed by atoms with Gasteiger partial charge in [0, 0.05) is 18.3 Å². The van der Waals surface area contributed by atoms with Crippen molar-refractivity contribution in [1.82, 2.24) is 4.31 Å². The van der Waals surface area contributed by atoms with Crippen LogP contribution >= 0.6 is 11.6 Å². The maximum Gasteiger partial charge on any atom is 0.243 e. The van der Waals surface area contributed by atoms with Gasteiger partial charge in [0.2, 0.25) is 15.9 Å². The first-order chi connectivity index (χ1) is 11.0. The van der Waals surface area contributed by atoms with E-state index in [1.165, 1.54) is 18.6 Å². The van der Waals surface area contributed by atoms with Crippen molar-refractivity contribution in [2.24, 2.45) is 0 Å². The summed E-state index contributed by atoms with van der Waals surface area (Å²) in [5, 5.41) is 2.60. The summed E-state index contributed by atoms with van der Waals surface area (Å²) in [7, 11) is -3.51. The van der Waals surface area contributed by atoms with Crippen LogP contribution in [0, 0.1) is 0 Å². The van der Waals surface area contributed by atoms with Gasteiger partial charge in [0.25, 0.3) is 0 Å². The summed E-state index contributed by atoms with van der Waals surface area (Å²) in [5.74, 6) is -0.453. The minimum Gasteiger partial charge on any atom is -0.325 e. The molecular formula is C16H23ClN2O3S. The van der Waals surface area contributed by atoms with Crippen LogP contribution in [0.15, 0.2) is 29.2 Å². The normalized spacial score (nSPS) is 16.5. The number of alkyl halides is 1. The van der Waals surface area contributed by atoms with Crippen molar-refractivity contribution in [2.45, 2.75) is 50.0 Å². The third-order valence-electron chi connectivity index (χ3n) is 4.16. The predicted octanol–water partition coefficient (Wildman–Crippen LogP) is 3.21. The number of halogens is 1. The lowest BCUT2D eigenvalue weighted by molar-refractivity contribution is -0.113. The molecule has 2 rings (SSSR count). The second kappa shape index (κ2) is 8.13. The summed E-state index contributed by atoms with van der Waals surface area (Å²) in [4.78, 5) is 11.5. The lowest BCUT2D eigenvalue weighted by Crippen LogP contribution is -2.41. The van der Waals surface area contributed by atoms with E-state index in [2.05, 4.69) is 5.32 Å². The van der Waals surface area contributed by atoms with Gasteiger partial charge in [0.05, 0.1) is 4.90 Å². The number of hydrogen-bond acceptors (Lipinski definition) is 3. The minimum absolute atomic E-state index is 0.0920. The van der Waals surface area contributed by atoms with Crippen molar-refractivity contribution < 1.29 is 13.2 Å². The summed E-state index contributed by atoms with van der Waals surface area (Å²) in [6, 6.07) is 6.34. The Morgan fingerprint density at radius 3 is 2.35 bits per heavy atom. The van der Waals surface area contributed by atoms with Crippen LogP contribution in [-0.4, -0.2) is 37.1 Å². The Labute approximate surface area is 143 Å². The Kier molecular flexibility index (Phi) is 6.44. The smallest absolute Gasteiger partial charge is 0.243 e. The van der Waals surface area contributed by atoms with Crippen LogP contribution in [0.5, 0.6) is 0 Å². The van der Waals surface area contributed by atoms with E-state index < -0.39 is 10.0 Å². The summed E-state index contributed by atoms with van der Waals surface area (Å²) in [5.41, 5.74) is 0.537. The largest absolute Gasteiger partial charge is 0.325 e. The number of carbonyl (C=O) groups excluding carboxylic acids is 1. The summed E-state index contributed by atoms with van der Waals surface area (Å²) in [6.07, 6.45) is 5.21. The predicted molar refractivity (Wildman–Crippen MR) is 92.2 cm³/mol. The summed E-state index contributed by atoms with van der Waals surface area (Å²) < 4.78 is 27.3. The molecule has 1 aliphatic carbocycles. The van der Waals surface area contributed by atoms with Gasteiger partial charge in [-0.15, -0.1) is 11.6 Å². The van der Waals surface area contributed by atoms with E-state index in [9.17, 15) is 13.2 Å². The number of amides is 1. The highest BCUT2D eigenvalue weighted by molar-refractivity contribution is 7.89. The second-order valence-electron chi connectivity index (χ2n) is 5.71. The van der Waals surface area contributed by atoms with Gasteiger partial charge in [-0.05, 0) is 37.1 Å². The van der Waals surface area contributed by atoms with Crippen LogP contribution in [0.25, 0.3) is 0 Å². The molecule has 0 spiro atoms. The SMILES string of the molecule is CCN(C1CCCCC1)S(=O)(=O)c1ccc(NC(=O)CCl)cc1. The average molecular weight is 359 g/mol. The van der Waals surface area contributed by atoms with Gasteiger partial charge in [0.1, 0.15) is 5.88 Å². The van der Waals surface area contributed by atoms with Crippen molar-refractivity contribution in [3.05, 3.63) is 24.3 Å². The molecule has 128 valence electrons. The van der Waals surface area contributed by atoms with Gasteiger partial charge in [-0.1, -0.05) is 26.2 Å². The van der Waals surface area contributed by atoms with Crippen LogP contribution in [0.1, 0.15) is 39.0 Å². The van der Waals surface area contributed by atoms with E-state index >= 15 is 0 Å². The first kappa shape index (κ1) is 18.2. The molecule has 0 saturated heterocycles. The number of rotatable bonds is 6. The molecule has 7 heteroatoms.